The Hall–Kier alpha value is -4.54. The maximum Gasteiger partial charge on any atom is 0.319 e. The number of nitriles is 1. The molecule has 7 nitrogen and oxygen atoms in total. The molecule has 2 unspecified atom stereocenters. The molecular weight excluding hydrogens is 567 g/mol. The summed E-state index contributed by atoms with van der Waals surface area (Å²) in [6.07, 6.45) is 8.14. The average molecular weight is 598 g/mol. The SMILES string of the molecule is C#Cc1c(F)ccc2cc(O)cc(-c3ccc4c(N5CCC(C#N)CC5)nc(OCC56CCCN5CC(F)C6)nc4c3F)c12. The van der Waals surface area contributed by atoms with Crippen LogP contribution in [0.3, 0.4) is 0 Å². The van der Waals surface area contributed by atoms with E-state index >= 15 is 4.39 Å². The molecule has 0 spiro atoms. The highest BCUT2D eigenvalue weighted by molar-refractivity contribution is 6.04. The van der Waals surface area contributed by atoms with Crippen LogP contribution < -0.4 is 9.64 Å². The van der Waals surface area contributed by atoms with Crippen molar-refractivity contribution in [2.24, 2.45) is 5.92 Å². The number of hydrogen-bond acceptors (Lipinski definition) is 7. The summed E-state index contributed by atoms with van der Waals surface area (Å²) < 4.78 is 52.1. The predicted molar refractivity (Wildman–Crippen MR) is 161 cm³/mol. The summed E-state index contributed by atoms with van der Waals surface area (Å²) in [5.41, 5.74) is -0.177. The lowest BCUT2D eigenvalue weighted by Gasteiger charge is -2.32. The Morgan fingerprint density at radius 3 is 2.68 bits per heavy atom. The standard InChI is InChI=1S/C34H30F3N5O2/c1-2-24-28(36)7-4-21-14-23(43)15-27(29(21)24)25-5-6-26-31(30(25)37)39-33(40-32(26)41-12-8-20(17-38)9-13-41)44-19-34-10-3-11-42(34)18-22(35)16-34/h1,4-7,14-15,20,22,43H,3,8-13,16,18-19H2. The van der Waals surface area contributed by atoms with E-state index in [1.54, 1.807) is 12.1 Å². The molecule has 44 heavy (non-hydrogen) atoms. The van der Waals surface area contributed by atoms with Crippen LogP contribution in [0.4, 0.5) is 19.0 Å². The number of ether oxygens (including phenoxy) is 1. The minimum atomic E-state index is -0.928. The number of aromatic hydroxyl groups is 1. The van der Waals surface area contributed by atoms with E-state index in [0.717, 1.165) is 19.4 Å². The average Bonchev–Trinajstić information content (AvgIpc) is 3.55. The van der Waals surface area contributed by atoms with Gasteiger partial charge in [-0.3, -0.25) is 4.90 Å². The van der Waals surface area contributed by atoms with Crippen molar-refractivity contribution < 1.29 is 23.0 Å². The van der Waals surface area contributed by atoms with Crippen molar-refractivity contribution in [1.29, 1.82) is 5.26 Å². The van der Waals surface area contributed by atoms with E-state index in [-0.39, 0.29) is 46.5 Å². The van der Waals surface area contributed by atoms with Gasteiger partial charge in [0.1, 0.15) is 35.7 Å². The third-order valence-electron chi connectivity index (χ3n) is 9.46. The molecule has 0 bridgehead atoms. The largest absolute Gasteiger partial charge is 0.508 e. The highest BCUT2D eigenvalue weighted by Gasteiger charge is 2.49. The van der Waals surface area contributed by atoms with Gasteiger partial charge < -0.3 is 14.7 Å². The van der Waals surface area contributed by atoms with Crippen molar-refractivity contribution >= 4 is 27.5 Å². The molecule has 2 atom stereocenters. The molecule has 4 aromatic rings. The van der Waals surface area contributed by atoms with Gasteiger partial charge in [0.25, 0.3) is 0 Å². The second-order valence-corrected chi connectivity index (χ2v) is 12.1. The summed E-state index contributed by atoms with van der Waals surface area (Å²) in [5.74, 6) is 1.34. The van der Waals surface area contributed by atoms with E-state index in [9.17, 15) is 19.1 Å². The van der Waals surface area contributed by atoms with Crippen LogP contribution in [-0.2, 0) is 0 Å². The molecule has 224 valence electrons. The molecule has 0 radical (unpaired) electrons. The summed E-state index contributed by atoms with van der Waals surface area (Å²) in [7, 11) is 0. The zero-order valence-corrected chi connectivity index (χ0v) is 24.0. The monoisotopic (exact) mass is 597 g/mol. The van der Waals surface area contributed by atoms with Crippen molar-refractivity contribution in [3.05, 3.63) is 53.6 Å². The number of phenols is 1. The van der Waals surface area contributed by atoms with Crippen LogP contribution >= 0.6 is 0 Å². The number of phenolic OH excluding ortho intramolecular Hbond substituents is 1. The molecule has 3 fully saturated rings. The van der Waals surface area contributed by atoms with Crippen molar-refractivity contribution in [1.82, 2.24) is 14.9 Å². The number of rotatable bonds is 5. The molecule has 3 aromatic carbocycles. The number of benzene rings is 3. The molecule has 4 heterocycles. The second kappa shape index (κ2) is 10.9. The van der Waals surface area contributed by atoms with Gasteiger partial charge in [-0.15, -0.1) is 6.42 Å². The van der Waals surface area contributed by atoms with E-state index in [1.807, 2.05) is 4.90 Å². The number of fused-ring (bicyclic) bond motifs is 3. The molecule has 10 heteroatoms. The van der Waals surface area contributed by atoms with Crippen molar-refractivity contribution in [2.75, 3.05) is 37.7 Å². The number of aromatic nitrogens is 2. The quantitative estimate of drug-likeness (QED) is 0.278. The van der Waals surface area contributed by atoms with Crippen LogP contribution in [0.5, 0.6) is 11.8 Å². The van der Waals surface area contributed by atoms with E-state index in [4.69, 9.17) is 16.1 Å². The Kier molecular flexibility index (Phi) is 6.98. The maximum atomic E-state index is 16.7. The van der Waals surface area contributed by atoms with Crippen molar-refractivity contribution in [2.45, 2.75) is 43.8 Å². The van der Waals surface area contributed by atoms with E-state index in [2.05, 4.69) is 21.9 Å². The number of alkyl halides is 1. The summed E-state index contributed by atoms with van der Waals surface area (Å²) in [5, 5.41) is 21.1. The van der Waals surface area contributed by atoms with Crippen LogP contribution in [0.1, 0.15) is 37.7 Å². The third-order valence-corrected chi connectivity index (χ3v) is 9.46. The highest BCUT2D eigenvalue weighted by Crippen LogP contribution is 2.42. The number of terminal acetylenes is 1. The van der Waals surface area contributed by atoms with E-state index < -0.39 is 23.3 Å². The summed E-state index contributed by atoms with van der Waals surface area (Å²) >= 11 is 0. The molecule has 3 saturated heterocycles. The molecule has 0 aliphatic carbocycles. The Labute approximate surface area is 252 Å². The van der Waals surface area contributed by atoms with Gasteiger partial charge in [0.15, 0.2) is 5.82 Å². The Balaban J connectivity index is 1.37. The van der Waals surface area contributed by atoms with Crippen LogP contribution in [0.15, 0.2) is 36.4 Å². The summed E-state index contributed by atoms with van der Waals surface area (Å²) in [4.78, 5) is 13.4. The maximum absolute atomic E-state index is 16.7. The second-order valence-electron chi connectivity index (χ2n) is 12.1. The number of nitrogens with zero attached hydrogens (tertiary/aromatic N) is 5. The first kappa shape index (κ1) is 28.2. The molecule has 1 aromatic heterocycles. The van der Waals surface area contributed by atoms with Crippen LogP contribution in [0, 0.1) is 41.2 Å². The number of halogens is 3. The zero-order chi connectivity index (χ0) is 30.6. The van der Waals surface area contributed by atoms with Gasteiger partial charge >= 0.3 is 6.01 Å². The van der Waals surface area contributed by atoms with E-state index in [0.29, 0.717) is 60.9 Å². The fourth-order valence-corrected chi connectivity index (χ4v) is 7.29. The molecular formula is C34H30F3N5O2. The lowest BCUT2D eigenvalue weighted by Crippen LogP contribution is -2.43. The lowest BCUT2D eigenvalue weighted by molar-refractivity contribution is 0.107. The molecule has 3 aliphatic rings. The Morgan fingerprint density at radius 2 is 1.91 bits per heavy atom. The summed E-state index contributed by atoms with van der Waals surface area (Å²) in [6.45, 7) is 2.46. The van der Waals surface area contributed by atoms with Gasteiger partial charge in [0, 0.05) is 48.3 Å². The number of anilines is 1. The molecule has 3 aliphatic heterocycles. The zero-order valence-electron chi connectivity index (χ0n) is 24.0. The number of hydrogen-bond donors (Lipinski definition) is 1. The number of piperidine rings is 1. The first-order valence-corrected chi connectivity index (χ1v) is 14.9. The van der Waals surface area contributed by atoms with Gasteiger partial charge in [-0.2, -0.15) is 15.2 Å². The van der Waals surface area contributed by atoms with Crippen molar-refractivity contribution in [3.63, 3.8) is 0 Å². The summed E-state index contributed by atoms with van der Waals surface area (Å²) in [6, 6.07) is 11.1. The minimum Gasteiger partial charge on any atom is -0.508 e. The third kappa shape index (κ3) is 4.65. The molecule has 1 N–H and O–H groups in total. The highest BCUT2D eigenvalue weighted by atomic mass is 19.1. The van der Waals surface area contributed by atoms with Crippen LogP contribution in [0.2, 0.25) is 0 Å². The predicted octanol–water partition coefficient (Wildman–Crippen LogP) is 6.11. The lowest BCUT2D eigenvalue weighted by atomic mass is 9.93. The van der Waals surface area contributed by atoms with E-state index in [1.165, 1.54) is 24.3 Å². The Bertz CT molecular complexity index is 1880. The minimum absolute atomic E-state index is 0.00405. The topological polar surface area (TPSA) is 85.5 Å². The Morgan fingerprint density at radius 1 is 1.09 bits per heavy atom. The van der Waals surface area contributed by atoms with Gasteiger partial charge in [0.2, 0.25) is 0 Å². The normalized spacial score (nSPS) is 22.3. The molecule has 7 rings (SSSR count). The van der Waals surface area contributed by atoms with Gasteiger partial charge in [-0.05, 0) is 67.4 Å². The first-order chi connectivity index (χ1) is 21.3. The van der Waals surface area contributed by atoms with Crippen LogP contribution in [0.25, 0.3) is 32.8 Å². The van der Waals surface area contributed by atoms with Crippen LogP contribution in [-0.4, -0.2) is 64.5 Å². The fraction of sp³-hybridized carbons (Fsp3) is 0.382. The van der Waals surface area contributed by atoms with Gasteiger partial charge in [-0.1, -0.05) is 18.1 Å². The van der Waals surface area contributed by atoms with Crippen molar-refractivity contribution in [3.8, 4) is 41.3 Å². The fourth-order valence-electron chi connectivity index (χ4n) is 7.29. The van der Waals surface area contributed by atoms with Gasteiger partial charge in [0.05, 0.1) is 17.2 Å². The first-order valence-electron chi connectivity index (χ1n) is 14.9. The molecule has 0 saturated carbocycles. The molecule has 0 amide bonds. The van der Waals surface area contributed by atoms with Gasteiger partial charge in [-0.25, -0.2) is 13.2 Å². The smallest absolute Gasteiger partial charge is 0.319 e.